The maximum Gasteiger partial charge on any atom is 0.230 e. The fourth-order valence-electron chi connectivity index (χ4n) is 6.54. The zero-order chi connectivity index (χ0) is 23.8. The van der Waals surface area contributed by atoms with Crippen LogP contribution < -0.4 is 15.1 Å². The number of benzene rings is 1. The van der Waals surface area contributed by atoms with Crippen LogP contribution in [-0.4, -0.2) is 36.2 Å². The van der Waals surface area contributed by atoms with Gasteiger partial charge in [0, 0.05) is 36.5 Å². The normalized spacial score (nSPS) is 27.6. The largest absolute Gasteiger partial charge is 0.371 e. The van der Waals surface area contributed by atoms with Gasteiger partial charge in [0.05, 0.1) is 30.1 Å². The molecule has 3 fully saturated rings. The Balaban J connectivity index is 1.28. The minimum absolute atomic E-state index is 0.113. The molecule has 1 aromatic carbocycles. The number of carbonyl (C=O) groups excluding carboxylic acids is 1. The van der Waals surface area contributed by atoms with Crippen LogP contribution in [-0.2, 0) is 16.1 Å². The van der Waals surface area contributed by atoms with Crippen LogP contribution in [0.4, 0.5) is 22.9 Å². The van der Waals surface area contributed by atoms with Gasteiger partial charge >= 0.3 is 0 Å². The van der Waals surface area contributed by atoms with Crippen LogP contribution in [0.1, 0.15) is 70.3 Å². The number of ether oxygens (including phenoxy) is 1. The SMILES string of the molecule is CCCC[C@H]1CC[C@H](C(=O)N2Cc3cccnc3Nc3ccc(N4CC5CCC(C4)O5)cc32)CC1. The van der Waals surface area contributed by atoms with E-state index < -0.39 is 0 Å². The quantitative estimate of drug-likeness (QED) is 0.573. The monoisotopic (exact) mass is 474 g/mol. The fourth-order valence-corrected chi connectivity index (χ4v) is 6.54. The third-order valence-electron chi connectivity index (χ3n) is 8.58. The predicted molar refractivity (Wildman–Crippen MR) is 140 cm³/mol. The molecule has 186 valence electrons. The van der Waals surface area contributed by atoms with E-state index in [1.165, 1.54) is 37.8 Å². The Hall–Kier alpha value is -2.60. The van der Waals surface area contributed by atoms with Gasteiger partial charge in [-0.3, -0.25) is 4.79 Å². The molecule has 2 aromatic rings. The Morgan fingerprint density at radius 2 is 1.89 bits per heavy atom. The maximum atomic E-state index is 14.0. The van der Waals surface area contributed by atoms with Crippen LogP contribution in [0.25, 0.3) is 0 Å². The molecule has 2 bridgehead atoms. The van der Waals surface area contributed by atoms with E-state index in [0.717, 1.165) is 67.4 Å². The van der Waals surface area contributed by atoms with Gasteiger partial charge in [-0.15, -0.1) is 0 Å². The highest BCUT2D eigenvalue weighted by molar-refractivity contribution is 6.00. The van der Waals surface area contributed by atoms with Gasteiger partial charge < -0.3 is 19.9 Å². The Morgan fingerprint density at radius 3 is 2.66 bits per heavy atom. The van der Waals surface area contributed by atoms with Crippen molar-refractivity contribution in [2.75, 3.05) is 28.2 Å². The highest BCUT2D eigenvalue weighted by Gasteiger charge is 2.36. The Labute approximate surface area is 209 Å². The number of morpholine rings is 1. The number of fused-ring (bicyclic) bond motifs is 4. The van der Waals surface area contributed by atoms with Gasteiger partial charge in [-0.1, -0.05) is 32.3 Å². The number of aromatic nitrogens is 1. The van der Waals surface area contributed by atoms with Crippen molar-refractivity contribution >= 4 is 28.8 Å². The lowest BCUT2D eigenvalue weighted by Crippen LogP contribution is -2.42. The molecule has 2 saturated heterocycles. The van der Waals surface area contributed by atoms with Crippen LogP contribution in [0.2, 0.25) is 0 Å². The number of hydrogen-bond donors (Lipinski definition) is 1. The average molecular weight is 475 g/mol. The van der Waals surface area contributed by atoms with E-state index in [2.05, 4.69) is 46.4 Å². The summed E-state index contributed by atoms with van der Waals surface area (Å²) in [5.41, 5.74) is 4.20. The smallest absolute Gasteiger partial charge is 0.230 e. The van der Waals surface area contributed by atoms with Crippen molar-refractivity contribution in [1.29, 1.82) is 0 Å². The van der Waals surface area contributed by atoms with E-state index >= 15 is 0 Å². The molecule has 6 rings (SSSR count). The van der Waals surface area contributed by atoms with Gasteiger partial charge in [0.25, 0.3) is 0 Å². The van der Waals surface area contributed by atoms with E-state index in [4.69, 9.17) is 4.74 Å². The summed E-state index contributed by atoms with van der Waals surface area (Å²) in [6.45, 7) is 4.69. The molecule has 0 radical (unpaired) electrons. The van der Waals surface area contributed by atoms with Gasteiger partial charge in [0.15, 0.2) is 0 Å². The lowest BCUT2D eigenvalue weighted by Gasteiger charge is -2.35. The Morgan fingerprint density at radius 1 is 1.09 bits per heavy atom. The van der Waals surface area contributed by atoms with Gasteiger partial charge in [-0.25, -0.2) is 4.98 Å². The van der Waals surface area contributed by atoms with Gasteiger partial charge in [0.2, 0.25) is 5.91 Å². The van der Waals surface area contributed by atoms with E-state index in [9.17, 15) is 4.79 Å². The number of nitrogens with zero attached hydrogens (tertiary/aromatic N) is 3. The van der Waals surface area contributed by atoms with Crippen molar-refractivity contribution in [1.82, 2.24) is 4.98 Å². The van der Waals surface area contributed by atoms with Crippen molar-refractivity contribution < 1.29 is 9.53 Å². The third kappa shape index (κ3) is 4.65. The molecule has 6 heteroatoms. The minimum Gasteiger partial charge on any atom is -0.371 e. The summed E-state index contributed by atoms with van der Waals surface area (Å²) in [4.78, 5) is 23.1. The molecular formula is C29H38N4O2. The summed E-state index contributed by atoms with van der Waals surface area (Å²) in [7, 11) is 0. The fraction of sp³-hybridized carbons (Fsp3) is 0.586. The molecule has 35 heavy (non-hydrogen) atoms. The lowest BCUT2D eigenvalue weighted by molar-refractivity contribution is -0.123. The first-order chi connectivity index (χ1) is 17.2. The second-order valence-corrected chi connectivity index (χ2v) is 11.0. The molecular weight excluding hydrogens is 436 g/mol. The molecule has 2 unspecified atom stereocenters. The topological polar surface area (TPSA) is 57.7 Å². The van der Waals surface area contributed by atoms with Crippen LogP contribution in [0.3, 0.4) is 0 Å². The summed E-state index contributed by atoms with van der Waals surface area (Å²) in [6.07, 6.45) is 13.1. The highest BCUT2D eigenvalue weighted by atomic mass is 16.5. The summed E-state index contributed by atoms with van der Waals surface area (Å²) >= 11 is 0. The molecule has 2 atom stereocenters. The molecule has 1 saturated carbocycles. The number of amides is 1. The number of carbonyl (C=O) groups is 1. The number of anilines is 4. The molecule has 1 N–H and O–H groups in total. The number of unbranched alkanes of at least 4 members (excludes halogenated alkanes) is 1. The van der Waals surface area contributed by atoms with E-state index in [-0.39, 0.29) is 11.8 Å². The Kier molecular flexibility index (Phi) is 6.40. The zero-order valence-corrected chi connectivity index (χ0v) is 20.9. The Bertz CT molecular complexity index is 1050. The van der Waals surface area contributed by atoms with Crippen molar-refractivity contribution in [3.63, 3.8) is 0 Å². The van der Waals surface area contributed by atoms with Crippen molar-refractivity contribution in [2.45, 2.75) is 83.5 Å². The zero-order valence-electron chi connectivity index (χ0n) is 20.9. The maximum absolute atomic E-state index is 14.0. The number of nitrogens with one attached hydrogen (secondary N) is 1. The van der Waals surface area contributed by atoms with Crippen LogP contribution in [0.5, 0.6) is 0 Å². The van der Waals surface area contributed by atoms with Crippen molar-refractivity contribution in [2.24, 2.45) is 11.8 Å². The second-order valence-electron chi connectivity index (χ2n) is 11.0. The molecule has 1 aromatic heterocycles. The van der Waals surface area contributed by atoms with Gasteiger partial charge in [-0.2, -0.15) is 0 Å². The van der Waals surface area contributed by atoms with Crippen LogP contribution >= 0.6 is 0 Å². The van der Waals surface area contributed by atoms with E-state index in [0.29, 0.717) is 18.8 Å². The first kappa shape index (κ1) is 22.8. The molecule has 4 aliphatic rings. The molecule has 0 spiro atoms. The summed E-state index contributed by atoms with van der Waals surface area (Å²) in [5.74, 6) is 2.04. The minimum atomic E-state index is 0.113. The summed E-state index contributed by atoms with van der Waals surface area (Å²) in [6, 6.07) is 10.6. The number of pyridine rings is 1. The first-order valence-electron chi connectivity index (χ1n) is 13.7. The molecule has 1 amide bonds. The van der Waals surface area contributed by atoms with Gasteiger partial charge in [0.1, 0.15) is 5.82 Å². The number of hydrogen-bond acceptors (Lipinski definition) is 5. The van der Waals surface area contributed by atoms with Crippen LogP contribution in [0, 0.1) is 11.8 Å². The van der Waals surface area contributed by atoms with Crippen molar-refractivity contribution in [3.8, 4) is 0 Å². The first-order valence-corrected chi connectivity index (χ1v) is 13.7. The van der Waals surface area contributed by atoms with Gasteiger partial charge in [-0.05, 0) is 68.7 Å². The summed E-state index contributed by atoms with van der Waals surface area (Å²) < 4.78 is 6.07. The molecule has 6 nitrogen and oxygen atoms in total. The average Bonchev–Trinajstić information content (AvgIpc) is 3.14. The van der Waals surface area contributed by atoms with E-state index in [1.807, 2.05) is 17.2 Å². The molecule has 1 aliphatic carbocycles. The second kappa shape index (κ2) is 9.81. The summed E-state index contributed by atoms with van der Waals surface area (Å²) in [5, 5.41) is 3.53. The lowest BCUT2D eigenvalue weighted by atomic mass is 9.79. The predicted octanol–water partition coefficient (Wildman–Crippen LogP) is 6.04. The van der Waals surface area contributed by atoms with Crippen LogP contribution in [0.15, 0.2) is 36.5 Å². The standard InChI is InChI=1S/C29H38N4O2/c1-2-3-5-20-7-9-21(10-8-20)29(34)33-17-22-6-4-15-30-28(22)31-26-14-11-23(16-27(26)33)32-18-24-12-13-25(19-32)35-24/h4,6,11,14-16,20-21,24-25H,2-3,5,7-10,12-13,17-19H2,1H3,(H,30,31)/t20-,21-,24?,25?. The molecule has 3 aliphatic heterocycles. The highest BCUT2D eigenvalue weighted by Crippen LogP contribution is 2.41. The van der Waals surface area contributed by atoms with E-state index in [1.54, 1.807) is 0 Å². The third-order valence-corrected chi connectivity index (χ3v) is 8.58. The van der Waals surface area contributed by atoms with Crippen molar-refractivity contribution in [3.05, 3.63) is 42.1 Å². The number of rotatable bonds is 5. The molecule has 4 heterocycles.